The summed E-state index contributed by atoms with van der Waals surface area (Å²) in [6.45, 7) is 7.76. The minimum Gasteiger partial charge on any atom is -0.340 e. The van der Waals surface area contributed by atoms with Gasteiger partial charge >= 0.3 is 0 Å². The number of carbonyl (C=O) groups excluding carboxylic acids is 1. The zero-order chi connectivity index (χ0) is 23.4. The van der Waals surface area contributed by atoms with Crippen LogP contribution in [0, 0.1) is 17.0 Å². The molecule has 0 N–H and O–H groups in total. The van der Waals surface area contributed by atoms with Crippen molar-refractivity contribution >= 4 is 5.91 Å². The van der Waals surface area contributed by atoms with E-state index in [-0.39, 0.29) is 40.5 Å². The number of hydrogen-bond acceptors (Lipinski definition) is 4. The maximum absolute atomic E-state index is 14.4. The quantitative estimate of drug-likeness (QED) is 0.560. The maximum Gasteiger partial charge on any atom is 0.242 e. The highest BCUT2D eigenvalue weighted by Gasteiger charge is 2.64. The number of hydrogen-bond donors (Lipinski definition) is 0. The first kappa shape index (κ1) is 21.7. The van der Waals surface area contributed by atoms with Gasteiger partial charge < -0.3 is 9.47 Å². The molecule has 0 spiro atoms. The number of carbonyl (C=O) groups is 1. The molecule has 1 saturated carbocycles. The van der Waals surface area contributed by atoms with Crippen molar-refractivity contribution in [1.29, 1.82) is 0 Å². The summed E-state index contributed by atoms with van der Waals surface area (Å²) in [5.74, 6) is -1.08. The maximum atomic E-state index is 14.4. The summed E-state index contributed by atoms with van der Waals surface area (Å²) < 4.78 is 30.6. The lowest BCUT2D eigenvalue weighted by Crippen LogP contribution is -2.49. The molecule has 2 aliphatic carbocycles. The van der Waals surface area contributed by atoms with E-state index in [4.69, 9.17) is 0 Å². The Morgan fingerprint density at radius 3 is 2.67 bits per heavy atom. The molecular weight excluding hydrogens is 424 g/mol. The Labute approximate surface area is 191 Å². The van der Waals surface area contributed by atoms with Gasteiger partial charge in [-0.25, -0.2) is 13.8 Å². The van der Waals surface area contributed by atoms with E-state index in [2.05, 4.69) is 29.0 Å². The summed E-state index contributed by atoms with van der Waals surface area (Å²) in [6, 6.07) is 5.61. The monoisotopic (exact) mass is 451 g/mol. The van der Waals surface area contributed by atoms with E-state index in [9.17, 15) is 13.6 Å². The molecule has 5 rings (SSSR count). The molecule has 1 fully saturated rings. The molecule has 0 radical (unpaired) electrons. The van der Waals surface area contributed by atoms with E-state index in [0.29, 0.717) is 13.1 Å². The molecule has 1 aromatic carbocycles. The molecule has 172 valence electrons. The van der Waals surface area contributed by atoms with Crippen LogP contribution in [0.5, 0.6) is 0 Å². The van der Waals surface area contributed by atoms with Gasteiger partial charge in [0.1, 0.15) is 18.2 Å². The van der Waals surface area contributed by atoms with E-state index in [0.717, 1.165) is 24.1 Å². The number of aromatic nitrogens is 4. The van der Waals surface area contributed by atoms with Gasteiger partial charge in [-0.15, -0.1) is 0 Å². The second-order valence-corrected chi connectivity index (χ2v) is 9.67. The number of halogens is 2. The molecule has 3 aromatic rings. The first-order valence-electron chi connectivity index (χ1n) is 11.3. The molecule has 0 aliphatic heterocycles. The zero-order valence-corrected chi connectivity index (χ0v) is 19.1. The van der Waals surface area contributed by atoms with Gasteiger partial charge in [-0.3, -0.25) is 4.79 Å². The van der Waals surface area contributed by atoms with Gasteiger partial charge in [-0.1, -0.05) is 19.9 Å². The SMILES string of the molecule is CCN(C[C@@]12CC[C@@H](c3cc(-c4c(F)cccc4F)nnc31)C2(C)C)C(=O)Cn1ccnc1. The van der Waals surface area contributed by atoms with Gasteiger partial charge in [0, 0.05) is 30.9 Å². The van der Waals surface area contributed by atoms with E-state index < -0.39 is 11.6 Å². The first-order chi connectivity index (χ1) is 15.8. The second kappa shape index (κ2) is 7.71. The highest BCUT2D eigenvalue weighted by atomic mass is 19.1. The number of fused-ring (bicyclic) bond motifs is 5. The average molecular weight is 452 g/mol. The van der Waals surface area contributed by atoms with Crippen LogP contribution in [0.2, 0.25) is 0 Å². The number of nitrogens with zero attached hydrogens (tertiary/aromatic N) is 5. The third-order valence-electron chi connectivity index (χ3n) is 7.91. The number of rotatable bonds is 6. The molecule has 8 heteroatoms. The van der Waals surface area contributed by atoms with E-state index in [1.54, 1.807) is 29.4 Å². The third-order valence-corrected chi connectivity index (χ3v) is 7.91. The molecule has 2 aromatic heterocycles. The van der Waals surface area contributed by atoms with Crippen molar-refractivity contribution in [1.82, 2.24) is 24.6 Å². The van der Waals surface area contributed by atoms with Crippen molar-refractivity contribution in [2.75, 3.05) is 13.1 Å². The van der Waals surface area contributed by atoms with Crippen molar-refractivity contribution in [2.45, 2.75) is 51.5 Å². The number of likely N-dealkylation sites (N-methyl/N-ethyl adjacent to an activating group) is 1. The van der Waals surface area contributed by atoms with Crippen LogP contribution in [0.25, 0.3) is 11.3 Å². The molecule has 2 bridgehead atoms. The molecule has 6 nitrogen and oxygen atoms in total. The van der Waals surface area contributed by atoms with Gasteiger partial charge in [0.2, 0.25) is 5.91 Å². The van der Waals surface area contributed by atoms with Crippen LogP contribution >= 0.6 is 0 Å². The molecule has 0 unspecified atom stereocenters. The van der Waals surface area contributed by atoms with Crippen LogP contribution in [-0.2, 0) is 16.8 Å². The standard InChI is InChI=1S/C25H27F2N5O/c1-4-32(21(33)13-31-11-10-28-15-31)14-25-9-8-17(24(25,2)3)16-12-20(29-30-23(16)25)22-18(26)6-5-7-19(22)27/h5-7,10-12,15,17H,4,8-9,13-14H2,1-3H3/t17-,25-/m0/s1. The Morgan fingerprint density at radius 1 is 1.24 bits per heavy atom. The van der Waals surface area contributed by atoms with Crippen molar-refractivity contribution in [3.05, 3.63) is 65.9 Å². The fourth-order valence-electron chi connectivity index (χ4n) is 5.98. The Morgan fingerprint density at radius 2 is 2.00 bits per heavy atom. The van der Waals surface area contributed by atoms with Gasteiger partial charge in [0.25, 0.3) is 0 Å². The highest BCUT2D eigenvalue weighted by Crippen LogP contribution is 2.67. The highest BCUT2D eigenvalue weighted by molar-refractivity contribution is 5.76. The predicted molar refractivity (Wildman–Crippen MR) is 119 cm³/mol. The summed E-state index contributed by atoms with van der Waals surface area (Å²) in [5, 5.41) is 8.82. The lowest BCUT2D eigenvalue weighted by molar-refractivity contribution is -0.133. The Balaban J connectivity index is 1.52. The number of amides is 1. The lowest BCUT2D eigenvalue weighted by Gasteiger charge is -2.41. The minimum atomic E-state index is -0.649. The lowest BCUT2D eigenvalue weighted by atomic mass is 9.68. The molecule has 2 aliphatic rings. The molecular formula is C25H27F2N5O. The van der Waals surface area contributed by atoms with Crippen molar-refractivity contribution in [3.8, 4) is 11.3 Å². The Bertz CT molecular complexity index is 1190. The smallest absolute Gasteiger partial charge is 0.242 e. The summed E-state index contributed by atoms with van der Waals surface area (Å²) in [7, 11) is 0. The number of benzene rings is 1. The van der Waals surface area contributed by atoms with E-state index in [1.165, 1.54) is 18.2 Å². The van der Waals surface area contributed by atoms with Crippen LogP contribution in [0.1, 0.15) is 50.8 Å². The minimum absolute atomic E-state index is 0.0237. The van der Waals surface area contributed by atoms with E-state index in [1.807, 2.05) is 11.8 Å². The van der Waals surface area contributed by atoms with Gasteiger partial charge in [-0.05, 0) is 54.9 Å². The zero-order valence-electron chi connectivity index (χ0n) is 19.1. The van der Waals surface area contributed by atoms with Crippen LogP contribution in [-0.4, -0.2) is 43.6 Å². The van der Waals surface area contributed by atoms with Crippen LogP contribution in [0.3, 0.4) is 0 Å². The van der Waals surface area contributed by atoms with Crippen molar-refractivity contribution in [2.24, 2.45) is 5.41 Å². The molecule has 1 amide bonds. The molecule has 0 saturated heterocycles. The molecule has 2 atom stereocenters. The fourth-order valence-corrected chi connectivity index (χ4v) is 5.98. The molecule has 2 heterocycles. The summed E-state index contributed by atoms with van der Waals surface area (Å²) in [4.78, 5) is 19.0. The second-order valence-electron chi connectivity index (χ2n) is 9.67. The summed E-state index contributed by atoms with van der Waals surface area (Å²) >= 11 is 0. The Kier molecular flexibility index (Phi) is 5.06. The first-order valence-corrected chi connectivity index (χ1v) is 11.3. The summed E-state index contributed by atoms with van der Waals surface area (Å²) in [6.07, 6.45) is 6.91. The van der Waals surface area contributed by atoms with Crippen molar-refractivity contribution < 1.29 is 13.6 Å². The predicted octanol–water partition coefficient (Wildman–Crippen LogP) is 4.32. The largest absolute Gasteiger partial charge is 0.340 e. The van der Waals surface area contributed by atoms with Crippen molar-refractivity contribution in [3.63, 3.8) is 0 Å². The normalized spacial score (nSPS) is 22.4. The third kappa shape index (κ3) is 3.18. The fraction of sp³-hybridized carbons (Fsp3) is 0.440. The van der Waals surface area contributed by atoms with Crippen LogP contribution in [0.15, 0.2) is 43.0 Å². The Hall–Kier alpha value is -3.16. The summed E-state index contributed by atoms with van der Waals surface area (Å²) in [5.41, 5.74) is 1.40. The molecule has 33 heavy (non-hydrogen) atoms. The van der Waals surface area contributed by atoms with E-state index >= 15 is 0 Å². The van der Waals surface area contributed by atoms with Gasteiger partial charge in [-0.2, -0.15) is 10.2 Å². The van der Waals surface area contributed by atoms with Crippen LogP contribution < -0.4 is 0 Å². The van der Waals surface area contributed by atoms with Gasteiger partial charge in [0.15, 0.2) is 0 Å². The average Bonchev–Trinajstić information content (AvgIpc) is 3.42. The van der Waals surface area contributed by atoms with Gasteiger partial charge in [0.05, 0.1) is 23.3 Å². The van der Waals surface area contributed by atoms with Crippen LogP contribution in [0.4, 0.5) is 8.78 Å². The topological polar surface area (TPSA) is 63.9 Å². The number of imidazole rings is 1.